The van der Waals surface area contributed by atoms with Gasteiger partial charge in [-0.15, -0.1) is 5.10 Å². The Morgan fingerprint density at radius 1 is 0.645 bits per heavy atom. The lowest BCUT2D eigenvalue weighted by molar-refractivity contribution is 0.0215. The fourth-order valence-corrected chi connectivity index (χ4v) is 4.30. The van der Waals surface area contributed by atoms with Gasteiger partial charge < -0.3 is 4.74 Å². The van der Waals surface area contributed by atoms with Crippen LogP contribution in [0.3, 0.4) is 0 Å². The average molecular weight is 412 g/mol. The molecule has 1 aliphatic rings. The van der Waals surface area contributed by atoms with E-state index < -0.39 is 0 Å². The van der Waals surface area contributed by atoms with Crippen LogP contribution < -0.4 is 0 Å². The van der Waals surface area contributed by atoms with Crippen molar-refractivity contribution in [3.63, 3.8) is 0 Å². The first kappa shape index (κ1) is 19.6. The molecule has 0 amide bonds. The van der Waals surface area contributed by atoms with Crippen LogP contribution in [0.15, 0.2) is 91.0 Å². The summed E-state index contributed by atoms with van der Waals surface area (Å²) in [6.45, 7) is 3.11. The van der Waals surface area contributed by atoms with Crippen molar-refractivity contribution >= 4 is 0 Å². The third-order valence-electron chi connectivity index (χ3n) is 5.76. The smallest absolute Gasteiger partial charge is 0.174 e. The zero-order valence-corrected chi connectivity index (χ0v) is 17.3. The van der Waals surface area contributed by atoms with Gasteiger partial charge in [0.1, 0.15) is 6.04 Å². The van der Waals surface area contributed by atoms with Crippen LogP contribution in [0.25, 0.3) is 0 Å². The molecule has 1 atom stereocenters. The Morgan fingerprint density at radius 3 is 1.65 bits per heavy atom. The van der Waals surface area contributed by atoms with Crippen LogP contribution >= 0.6 is 0 Å². The lowest BCUT2D eigenvalue weighted by atomic mass is 9.97. The highest BCUT2D eigenvalue weighted by atomic mass is 16.5. The third kappa shape index (κ3) is 4.13. The molecule has 1 unspecified atom stereocenters. The molecule has 31 heavy (non-hydrogen) atoms. The van der Waals surface area contributed by atoms with Crippen LogP contribution in [0.5, 0.6) is 0 Å². The molecule has 0 aliphatic carbocycles. The first-order chi connectivity index (χ1) is 15.4. The monoisotopic (exact) mass is 411 g/mol. The Hall–Kier alpha value is -3.35. The van der Waals surface area contributed by atoms with Gasteiger partial charge >= 0.3 is 0 Å². The van der Waals surface area contributed by atoms with Gasteiger partial charge in [-0.05, 0) is 27.1 Å². The Kier molecular flexibility index (Phi) is 5.82. The topological polar surface area (TPSA) is 56.1 Å². The number of tetrazole rings is 1. The Labute approximate surface area is 182 Å². The van der Waals surface area contributed by atoms with Crippen molar-refractivity contribution in [3.8, 4) is 0 Å². The van der Waals surface area contributed by atoms with Gasteiger partial charge in [-0.3, -0.25) is 4.90 Å². The number of hydrogen-bond acceptors (Lipinski definition) is 5. The Bertz CT molecular complexity index is 1040. The van der Waals surface area contributed by atoms with Crippen LogP contribution in [-0.4, -0.2) is 51.4 Å². The van der Waals surface area contributed by atoms with Crippen LogP contribution in [0.2, 0.25) is 0 Å². The standard InChI is InChI=1S/C25H25N5O/c1-4-10-20(11-5-1)23(21-12-6-2-7-13-21)30-25(26-27-28-30)24(22-14-8-3-9-15-22)29-16-18-31-19-17-29/h1-15,23-24H,16-19H2. The molecule has 1 saturated heterocycles. The normalized spacial score (nSPS) is 15.8. The van der Waals surface area contributed by atoms with E-state index in [0.29, 0.717) is 13.2 Å². The number of morpholine rings is 1. The summed E-state index contributed by atoms with van der Waals surface area (Å²) in [5, 5.41) is 13.2. The molecule has 3 aromatic carbocycles. The van der Waals surface area contributed by atoms with E-state index in [1.165, 1.54) is 5.56 Å². The zero-order valence-electron chi connectivity index (χ0n) is 17.3. The molecule has 156 valence electrons. The van der Waals surface area contributed by atoms with Crippen LogP contribution in [-0.2, 0) is 4.74 Å². The number of rotatable bonds is 6. The molecule has 2 heterocycles. The molecule has 4 aromatic rings. The molecule has 6 heteroatoms. The molecule has 1 aliphatic heterocycles. The second kappa shape index (κ2) is 9.20. The minimum absolute atomic E-state index is 0.0463. The van der Waals surface area contributed by atoms with E-state index in [2.05, 4.69) is 93.2 Å². The fraction of sp³-hybridized carbons (Fsp3) is 0.240. The summed E-state index contributed by atoms with van der Waals surface area (Å²) in [5.41, 5.74) is 3.48. The summed E-state index contributed by atoms with van der Waals surface area (Å²) in [5.74, 6) is 0.839. The number of nitrogens with zero attached hydrogens (tertiary/aromatic N) is 5. The van der Waals surface area contributed by atoms with Gasteiger partial charge in [0.15, 0.2) is 5.82 Å². The van der Waals surface area contributed by atoms with Gasteiger partial charge in [0.05, 0.1) is 19.3 Å². The molecule has 0 spiro atoms. The summed E-state index contributed by atoms with van der Waals surface area (Å²) in [4.78, 5) is 2.41. The van der Waals surface area contributed by atoms with E-state index in [0.717, 1.165) is 30.0 Å². The first-order valence-corrected chi connectivity index (χ1v) is 10.7. The van der Waals surface area contributed by atoms with Crippen molar-refractivity contribution < 1.29 is 4.74 Å². The van der Waals surface area contributed by atoms with E-state index in [4.69, 9.17) is 4.74 Å². The molecule has 1 fully saturated rings. The number of aromatic nitrogens is 4. The van der Waals surface area contributed by atoms with E-state index in [1.54, 1.807) is 0 Å². The van der Waals surface area contributed by atoms with Crippen LogP contribution in [0.4, 0.5) is 0 Å². The molecule has 5 rings (SSSR count). The van der Waals surface area contributed by atoms with E-state index in [9.17, 15) is 0 Å². The summed E-state index contributed by atoms with van der Waals surface area (Å²) < 4.78 is 7.60. The van der Waals surface area contributed by atoms with Crippen LogP contribution in [0.1, 0.15) is 34.6 Å². The molecule has 0 N–H and O–H groups in total. The summed E-state index contributed by atoms with van der Waals surface area (Å²) in [7, 11) is 0. The van der Waals surface area contributed by atoms with Gasteiger partial charge in [-0.25, -0.2) is 4.68 Å². The second-order valence-electron chi connectivity index (χ2n) is 7.67. The second-order valence-corrected chi connectivity index (χ2v) is 7.67. The van der Waals surface area contributed by atoms with Gasteiger partial charge in [-0.1, -0.05) is 91.0 Å². The first-order valence-electron chi connectivity index (χ1n) is 10.7. The zero-order chi connectivity index (χ0) is 20.9. The highest BCUT2D eigenvalue weighted by Gasteiger charge is 2.32. The van der Waals surface area contributed by atoms with Crippen molar-refractivity contribution in [1.82, 2.24) is 25.1 Å². The molecule has 6 nitrogen and oxygen atoms in total. The molecular weight excluding hydrogens is 386 g/mol. The van der Waals surface area contributed by atoms with Gasteiger partial charge in [0, 0.05) is 13.1 Å². The maximum atomic E-state index is 5.62. The highest BCUT2D eigenvalue weighted by molar-refractivity contribution is 5.34. The fourth-order valence-electron chi connectivity index (χ4n) is 4.30. The predicted molar refractivity (Wildman–Crippen MR) is 119 cm³/mol. The minimum Gasteiger partial charge on any atom is -0.379 e. The maximum Gasteiger partial charge on any atom is 0.174 e. The number of benzene rings is 3. The lowest BCUT2D eigenvalue weighted by Crippen LogP contribution is -2.41. The van der Waals surface area contributed by atoms with Crippen molar-refractivity contribution in [2.45, 2.75) is 12.1 Å². The molecular formula is C25H25N5O. The Balaban J connectivity index is 1.64. The SMILES string of the molecule is c1ccc(C(c2nnnn2C(c2ccccc2)c2ccccc2)N2CCOCC2)cc1. The summed E-state index contributed by atoms with van der Waals surface area (Å²) in [6.07, 6.45) is 0. The van der Waals surface area contributed by atoms with Gasteiger partial charge in [0.25, 0.3) is 0 Å². The predicted octanol–water partition coefficient (Wildman–Crippen LogP) is 3.73. The van der Waals surface area contributed by atoms with Crippen molar-refractivity contribution in [2.24, 2.45) is 0 Å². The quantitative estimate of drug-likeness (QED) is 0.484. The Morgan fingerprint density at radius 2 is 1.13 bits per heavy atom. The third-order valence-corrected chi connectivity index (χ3v) is 5.76. The lowest BCUT2D eigenvalue weighted by Gasteiger charge is -2.34. The molecule has 0 bridgehead atoms. The maximum absolute atomic E-state index is 5.62. The van der Waals surface area contributed by atoms with Crippen molar-refractivity contribution in [3.05, 3.63) is 114 Å². The van der Waals surface area contributed by atoms with Crippen molar-refractivity contribution in [2.75, 3.05) is 26.3 Å². The summed E-state index contributed by atoms with van der Waals surface area (Å²) in [6, 6.07) is 31.2. The largest absolute Gasteiger partial charge is 0.379 e. The molecule has 0 saturated carbocycles. The van der Waals surface area contributed by atoms with Crippen LogP contribution in [0, 0.1) is 0 Å². The van der Waals surface area contributed by atoms with Crippen molar-refractivity contribution in [1.29, 1.82) is 0 Å². The van der Waals surface area contributed by atoms with Gasteiger partial charge in [-0.2, -0.15) is 0 Å². The average Bonchev–Trinajstić information content (AvgIpc) is 3.31. The number of hydrogen-bond donors (Lipinski definition) is 0. The van der Waals surface area contributed by atoms with E-state index in [-0.39, 0.29) is 12.1 Å². The van der Waals surface area contributed by atoms with E-state index in [1.807, 2.05) is 22.9 Å². The number of ether oxygens (including phenoxy) is 1. The van der Waals surface area contributed by atoms with Gasteiger partial charge in [0.2, 0.25) is 0 Å². The molecule has 0 radical (unpaired) electrons. The highest BCUT2D eigenvalue weighted by Crippen LogP contribution is 2.33. The summed E-state index contributed by atoms with van der Waals surface area (Å²) >= 11 is 0. The minimum atomic E-state index is -0.111. The molecule has 1 aromatic heterocycles. The van der Waals surface area contributed by atoms with E-state index >= 15 is 0 Å².